The number of aliphatic imine (C=N–C) groups is 2. The number of aliphatic hydroxyl groups excluding tert-OH is 1. The second kappa shape index (κ2) is 10.9. The molecule has 4 aliphatic rings. The molecule has 0 aromatic heterocycles. The molecule has 0 amide bonds. The van der Waals surface area contributed by atoms with Gasteiger partial charge in [-0.15, -0.1) is 0 Å². The van der Waals surface area contributed by atoms with Crippen molar-refractivity contribution in [3.05, 3.63) is 136 Å². The molecule has 4 aromatic rings. The van der Waals surface area contributed by atoms with E-state index in [-0.39, 0.29) is 23.2 Å². The zero-order chi connectivity index (χ0) is 30.5. The van der Waals surface area contributed by atoms with Gasteiger partial charge in [0.25, 0.3) is 0 Å². The van der Waals surface area contributed by atoms with Crippen LogP contribution in [0.4, 0.5) is 0 Å². The van der Waals surface area contributed by atoms with Crippen LogP contribution in [-0.4, -0.2) is 47.4 Å². The lowest BCUT2D eigenvalue weighted by Crippen LogP contribution is -2.42. The lowest BCUT2D eigenvalue weighted by atomic mass is 9.77. The lowest BCUT2D eigenvalue weighted by molar-refractivity contribution is 0.193. The normalized spacial score (nSPS) is 26.9. The van der Waals surface area contributed by atoms with Crippen LogP contribution in [0.2, 0.25) is 0 Å². The standard InChI is InChI=1S/C39H34N2O4/c1-39(18-10-3-11-19-39)32-23-45-38(41-32)30-21-26-15-7-9-17-28(26)34(36(30)43)33-27-16-8-6-14-25(27)20-29(35(33)42)37-40-31(22-44-37)24-12-4-2-5-13-24/h2-18,20-21,30-32,36,42-43H,19,22-23H2,1H3/t30?,31-,32-,36?,39?/m0/s1. The van der Waals surface area contributed by atoms with Crippen molar-refractivity contribution in [2.45, 2.75) is 31.5 Å². The second-order valence-corrected chi connectivity index (χ2v) is 12.5. The van der Waals surface area contributed by atoms with E-state index in [1.807, 2.05) is 91.0 Å². The van der Waals surface area contributed by atoms with E-state index < -0.39 is 12.0 Å². The number of benzene rings is 4. The summed E-state index contributed by atoms with van der Waals surface area (Å²) in [6, 6.07) is 27.6. The molecule has 2 N–H and O–H groups in total. The molecule has 224 valence electrons. The van der Waals surface area contributed by atoms with Crippen LogP contribution in [0.1, 0.15) is 36.1 Å². The first-order valence-electron chi connectivity index (χ1n) is 15.6. The SMILES string of the molecule is CC1([C@@H]2COC(C3C=c4ccccc4=C(c4c(O)c(C5=N[C@H](c6ccccc6)CO5)cc5ccccc45)C3O)=N2)C=CC=CC1. The summed E-state index contributed by atoms with van der Waals surface area (Å²) >= 11 is 0. The van der Waals surface area contributed by atoms with Crippen LogP contribution in [0, 0.1) is 11.3 Å². The Hall–Kier alpha value is -4.94. The first kappa shape index (κ1) is 27.6. The fourth-order valence-electron chi connectivity index (χ4n) is 7.04. The van der Waals surface area contributed by atoms with Gasteiger partial charge in [-0.2, -0.15) is 0 Å². The molecule has 2 aliphatic heterocycles. The quantitative estimate of drug-likeness (QED) is 0.326. The summed E-state index contributed by atoms with van der Waals surface area (Å²) in [7, 11) is 0. The van der Waals surface area contributed by atoms with E-state index in [4.69, 9.17) is 19.5 Å². The highest BCUT2D eigenvalue weighted by Crippen LogP contribution is 2.42. The third-order valence-corrected chi connectivity index (χ3v) is 9.60. The van der Waals surface area contributed by atoms with Gasteiger partial charge < -0.3 is 19.7 Å². The number of fused-ring (bicyclic) bond motifs is 2. The number of hydrogen-bond donors (Lipinski definition) is 2. The predicted molar refractivity (Wildman–Crippen MR) is 178 cm³/mol. The minimum Gasteiger partial charge on any atom is -0.506 e. The molecule has 6 nitrogen and oxygen atoms in total. The third kappa shape index (κ3) is 4.68. The van der Waals surface area contributed by atoms with E-state index in [2.05, 4.69) is 31.2 Å². The van der Waals surface area contributed by atoms with Crippen molar-refractivity contribution in [2.24, 2.45) is 21.3 Å². The largest absolute Gasteiger partial charge is 0.506 e. The van der Waals surface area contributed by atoms with Crippen LogP contribution in [-0.2, 0) is 9.47 Å². The van der Waals surface area contributed by atoms with E-state index in [9.17, 15) is 10.2 Å². The number of rotatable bonds is 5. The number of ether oxygens (including phenoxy) is 2. The molecule has 2 aliphatic carbocycles. The zero-order valence-electron chi connectivity index (χ0n) is 25.0. The summed E-state index contributed by atoms with van der Waals surface area (Å²) in [5.74, 6) is 0.433. The molecule has 3 unspecified atom stereocenters. The van der Waals surface area contributed by atoms with Crippen molar-refractivity contribution in [1.82, 2.24) is 0 Å². The van der Waals surface area contributed by atoms with E-state index in [0.717, 1.165) is 33.2 Å². The van der Waals surface area contributed by atoms with Gasteiger partial charge in [0.15, 0.2) is 5.90 Å². The van der Waals surface area contributed by atoms with Gasteiger partial charge in [-0.25, -0.2) is 9.98 Å². The Balaban J connectivity index is 1.27. The number of aromatic hydroxyl groups is 1. The van der Waals surface area contributed by atoms with Gasteiger partial charge in [-0.05, 0) is 39.3 Å². The average molecular weight is 595 g/mol. The number of phenolic OH excluding ortho intramolecular Hbond substituents is 1. The smallest absolute Gasteiger partial charge is 0.220 e. The highest BCUT2D eigenvalue weighted by Gasteiger charge is 2.41. The fraction of sp³-hybridized carbons (Fsp3) is 0.231. The second-order valence-electron chi connectivity index (χ2n) is 12.5. The number of allylic oxidation sites excluding steroid dienone is 3. The summed E-state index contributed by atoms with van der Waals surface area (Å²) < 4.78 is 12.4. The molecular formula is C39H34N2O4. The predicted octanol–water partition coefficient (Wildman–Crippen LogP) is 5.35. The molecule has 2 heterocycles. The number of hydrogen-bond acceptors (Lipinski definition) is 6. The van der Waals surface area contributed by atoms with Crippen LogP contribution in [0.15, 0.2) is 119 Å². The molecule has 0 bridgehead atoms. The van der Waals surface area contributed by atoms with Crippen LogP contribution in [0.25, 0.3) is 22.4 Å². The van der Waals surface area contributed by atoms with Gasteiger partial charge in [0.05, 0.1) is 23.6 Å². The topological polar surface area (TPSA) is 83.6 Å². The Labute approximate surface area is 261 Å². The van der Waals surface area contributed by atoms with E-state index in [1.165, 1.54) is 0 Å². The maximum atomic E-state index is 12.3. The summed E-state index contributed by atoms with van der Waals surface area (Å²) in [4.78, 5) is 9.95. The van der Waals surface area contributed by atoms with Gasteiger partial charge in [0, 0.05) is 16.6 Å². The van der Waals surface area contributed by atoms with Gasteiger partial charge in [0.2, 0.25) is 5.90 Å². The number of phenols is 1. The van der Waals surface area contributed by atoms with Crippen LogP contribution >= 0.6 is 0 Å². The zero-order valence-corrected chi connectivity index (χ0v) is 25.0. The maximum Gasteiger partial charge on any atom is 0.220 e. The van der Waals surface area contributed by atoms with Gasteiger partial charge in [-0.3, -0.25) is 0 Å². The molecule has 6 heteroatoms. The van der Waals surface area contributed by atoms with Gasteiger partial charge >= 0.3 is 0 Å². The van der Waals surface area contributed by atoms with Gasteiger partial charge in [0.1, 0.15) is 25.0 Å². The van der Waals surface area contributed by atoms with Crippen LogP contribution in [0.3, 0.4) is 0 Å². The minimum absolute atomic E-state index is 0.0319. The molecule has 0 spiro atoms. The van der Waals surface area contributed by atoms with Crippen molar-refractivity contribution in [3.63, 3.8) is 0 Å². The van der Waals surface area contributed by atoms with Crippen molar-refractivity contribution in [3.8, 4) is 5.75 Å². The fourth-order valence-corrected chi connectivity index (χ4v) is 7.04. The number of aliphatic hydroxyl groups is 1. The summed E-state index contributed by atoms with van der Waals surface area (Å²) in [6.45, 7) is 3.05. The Bertz CT molecular complexity index is 2060. The maximum absolute atomic E-state index is 12.3. The third-order valence-electron chi connectivity index (χ3n) is 9.60. The Kier molecular flexibility index (Phi) is 6.68. The van der Waals surface area contributed by atoms with Gasteiger partial charge in [-0.1, -0.05) is 116 Å². The highest BCUT2D eigenvalue weighted by molar-refractivity contribution is 6.08. The summed E-state index contributed by atoms with van der Waals surface area (Å²) in [5.41, 5.74) is 2.61. The van der Waals surface area contributed by atoms with Crippen LogP contribution in [0.5, 0.6) is 5.75 Å². The molecule has 0 saturated carbocycles. The molecular weight excluding hydrogens is 560 g/mol. The van der Waals surface area contributed by atoms with E-state index in [1.54, 1.807) is 0 Å². The molecule has 0 saturated heterocycles. The summed E-state index contributed by atoms with van der Waals surface area (Å²) in [5, 5.41) is 27.9. The summed E-state index contributed by atoms with van der Waals surface area (Å²) in [6.07, 6.45) is 10.4. The lowest BCUT2D eigenvalue weighted by Gasteiger charge is -2.29. The first-order chi connectivity index (χ1) is 22.0. The van der Waals surface area contributed by atoms with E-state index >= 15 is 0 Å². The minimum atomic E-state index is -1.01. The molecule has 4 aromatic carbocycles. The molecule has 0 fully saturated rings. The Morgan fingerprint density at radius 1 is 0.867 bits per heavy atom. The van der Waals surface area contributed by atoms with Crippen molar-refractivity contribution < 1.29 is 19.7 Å². The molecule has 5 atom stereocenters. The van der Waals surface area contributed by atoms with Crippen molar-refractivity contribution in [1.29, 1.82) is 0 Å². The first-order valence-corrected chi connectivity index (χ1v) is 15.6. The molecule has 8 rings (SSSR count). The Morgan fingerprint density at radius 3 is 2.51 bits per heavy atom. The van der Waals surface area contributed by atoms with Crippen molar-refractivity contribution in [2.75, 3.05) is 13.2 Å². The Morgan fingerprint density at radius 2 is 1.67 bits per heavy atom. The van der Waals surface area contributed by atoms with Crippen LogP contribution < -0.4 is 10.4 Å². The van der Waals surface area contributed by atoms with Crippen molar-refractivity contribution >= 4 is 34.2 Å². The average Bonchev–Trinajstić information content (AvgIpc) is 3.77. The monoisotopic (exact) mass is 594 g/mol. The molecule has 0 radical (unpaired) electrons. The number of nitrogens with zero attached hydrogens (tertiary/aromatic N) is 2. The van der Waals surface area contributed by atoms with E-state index in [0.29, 0.717) is 41.7 Å². The molecule has 45 heavy (non-hydrogen) atoms. The highest BCUT2D eigenvalue weighted by atomic mass is 16.5.